The maximum absolute atomic E-state index is 5.19. The summed E-state index contributed by atoms with van der Waals surface area (Å²) in [5.74, 6) is 0.935. The largest absolute Gasteiger partial charge is 0.497 e. The summed E-state index contributed by atoms with van der Waals surface area (Å²) < 4.78 is 5.19. The number of hydrogen-bond donors (Lipinski definition) is 2. The van der Waals surface area contributed by atoms with Gasteiger partial charge in [0.15, 0.2) is 0 Å². The Labute approximate surface area is 96.2 Å². The monoisotopic (exact) mass is 218 g/mol. The third kappa shape index (κ3) is 1.70. The minimum absolute atomic E-state index is 0.263. The standard InChI is InChI=1S/C13H18N2O/c1-16-12-4-2-10(3-5-12)13(6-7-13)15-11-8-14-9-11/h2-5,11,14-15H,6-9H2,1H3. The van der Waals surface area contributed by atoms with Gasteiger partial charge in [0.25, 0.3) is 0 Å². The fourth-order valence-electron chi connectivity index (χ4n) is 2.33. The molecule has 1 aliphatic carbocycles. The Morgan fingerprint density at radius 2 is 1.94 bits per heavy atom. The number of benzene rings is 1. The van der Waals surface area contributed by atoms with E-state index in [2.05, 4.69) is 34.9 Å². The van der Waals surface area contributed by atoms with Crippen LogP contribution in [-0.4, -0.2) is 26.2 Å². The van der Waals surface area contributed by atoms with Gasteiger partial charge in [0.05, 0.1) is 7.11 Å². The van der Waals surface area contributed by atoms with Gasteiger partial charge in [0.1, 0.15) is 5.75 Å². The molecule has 1 saturated heterocycles. The van der Waals surface area contributed by atoms with Gasteiger partial charge in [-0.3, -0.25) is 0 Å². The first-order valence-corrected chi connectivity index (χ1v) is 5.95. The normalized spacial score (nSPS) is 22.6. The Morgan fingerprint density at radius 1 is 1.25 bits per heavy atom. The van der Waals surface area contributed by atoms with Gasteiger partial charge in [-0.2, -0.15) is 0 Å². The molecular weight excluding hydrogens is 200 g/mol. The average molecular weight is 218 g/mol. The summed E-state index contributed by atoms with van der Waals surface area (Å²) in [4.78, 5) is 0. The van der Waals surface area contributed by atoms with Crippen molar-refractivity contribution in [2.24, 2.45) is 0 Å². The van der Waals surface area contributed by atoms with Gasteiger partial charge in [-0.05, 0) is 30.5 Å². The van der Waals surface area contributed by atoms with E-state index in [0.29, 0.717) is 6.04 Å². The van der Waals surface area contributed by atoms with Crippen molar-refractivity contribution in [2.45, 2.75) is 24.4 Å². The highest BCUT2D eigenvalue weighted by molar-refractivity contribution is 5.35. The van der Waals surface area contributed by atoms with E-state index in [9.17, 15) is 0 Å². The Hall–Kier alpha value is -1.06. The lowest BCUT2D eigenvalue weighted by Gasteiger charge is -2.33. The summed E-state index contributed by atoms with van der Waals surface area (Å²) in [6, 6.07) is 9.13. The molecule has 1 heterocycles. The van der Waals surface area contributed by atoms with Crippen LogP contribution in [0.3, 0.4) is 0 Å². The predicted octanol–water partition coefficient (Wildman–Crippen LogP) is 1.25. The van der Waals surface area contributed by atoms with Crippen LogP contribution in [0.15, 0.2) is 24.3 Å². The van der Waals surface area contributed by atoms with Gasteiger partial charge in [-0.25, -0.2) is 0 Å². The highest BCUT2D eigenvalue weighted by Gasteiger charge is 2.46. The fourth-order valence-corrected chi connectivity index (χ4v) is 2.33. The summed E-state index contributed by atoms with van der Waals surface area (Å²) in [7, 11) is 1.71. The van der Waals surface area contributed by atoms with Crippen molar-refractivity contribution >= 4 is 0 Å². The van der Waals surface area contributed by atoms with E-state index < -0.39 is 0 Å². The molecular formula is C13H18N2O. The lowest BCUT2D eigenvalue weighted by atomic mass is 10.0. The van der Waals surface area contributed by atoms with Crippen LogP contribution in [0.25, 0.3) is 0 Å². The van der Waals surface area contributed by atoms with Crippen molar-refractivity contribution in [2.75, 3.05) is 20.2 Å². The van der Waals surface area contributed by atoms with E-state index in [1.165, 1.54) is 18.4 Å². The molecule has 3 rings (SSSR count). The van der Waals surface area contributed by atoms with Crippen molar-refractivity contribution < 1.29 is 4.74 Å². The molecule has 0 amide bonds. The van der Waals surface area contributed by atoms with E-state index >= 15 is 0 Å². The van der Waals surface area contributed by atoms with Crippen molar-refractivity contribution in [3.05, 3.63) is 29.8 Å². The maximum Gasteiger partial charge on any atom is 0.118 e. The van der Waals surface area contributed by atoms with Gasteiger partial charge in [0.2, 0.25) is 0 Å². The first-order chi connectivity index (χ1) is 7.82. The molecule has 1 saturated carbocycles. The summed E-state index contributed by atoms with van der Waals surface area (Å²) >= 11 is 0. The third-order valence-corrected chi connectivity index (χ3v) is 3.65. The molecule has 0 atom stereocenters. The SMILES string of the molecule is COc1ccc(C2(NC3CNC3)CC2)cc1. The minimum Gasteiger partial charge on any atom is -0.497 e. The van der Waals surface area contributed by atoms with Crippen LogP contribution in [0.5, 0.6) is 5.75 Å². The van der Waals surface area contributed by atoms with E-state index in [0.717, 1.165) is 18.8 Å². The Kier molecular flexibility index (Phi) is 2.37. The quantitative estimate of drug-likeness (QED) is 0.798. The molecule has 1 aliphatic heterocycles. The molecule has 0 spiro atoms. The molecule has 0 radical (unpaired) electrons. The van der Waals surface area contributed by atoms with E-state index in [4.69, 9.17) is 4.74 Å². The third-order valence-electron chi connectivity index (χ3n) is 3.65. The highest BCUT2D eigenvalue weighted by atomic mass is 16.5. The van der Waals surface area contributed by atoms with Gasteiger partial charge < -0.3 is 15.4 Å². The van der Waals surface area contributed by atoms with Crippen molar-refractivity contribution in [3.8, 4) is 5.75 Å². The molecule has 3 heteroatoms. The number of rotatable bonds is 4. The van der Waals surface area contributed by atoms with Gasteiger partial charge in [-0.1, -0.05) is 12.1 Å². The molecule has 2 N–H and O–H groups in total. The van der Waals surface area contributed by atoms with Crippen LogP contribution >= 0.6 is 0 Å². The van der Waals surface area contributed by atoms with E-state index in [-0.39, 0.29) is 5.54 Å². The first-order valence-electron chi connectivity index (χ1n) is 5.95. The lowest BCUT2D eigenvalue weighted by Crippen LogP contribution is -2.58. The number of methoxy groups -OCH3 is 1. The Bertz CT molecular complexity index is 366. The summed E-state index contributed by atoms with van der Waals surface area (Å²) in [6.07, 6.45) is 2.52. The van der Waals surface area contributed by atoms with Crippen molar-refractivity contribution in [3.63, 3.8) is 0 Å². The second kappa shape index (κ2) is 3.75. The van der Waals surface area contributed by atoms with Gasteiger partial charge >= 0.3 is 0 Å². The van der Waals surface area contributed by atoms with Crippen LogP contribution in [0.4, 0.5) is 0 Å². The first kappa shape index (κ1) is 10.1. The highest BCUT2D eigenvalue weighted by Crippen LogP contribution is 2.46. The second-order valence-electron chi connectivity index (χ2n) is 4.81. The molecule has 0 aromatic heterocycles. The molecule has 0 bridgehead atoms. The van der Waals surface area contributed by atoms with Crippen LogP contribution in [0.1, 0.15) is 18.4 Å². The number of nitrogens with one attached hydrogen (secondary N) is 2. The zero-order valence-electron chi connectivity index (χ0n) is 9.62. The summed E-state index contributed by atoms with van der Waals surface area (Å²) in [6.45, 7) is 2.22. The van der Waals surface area contributed by atoms with E-state index in [1.54, 1.807) is 7.11 Å². The van der Waals surface area contributed by atoms with Crippen molar-refractivity contribution in [1.82, 2.24) is 10.6 Å². The van der Waals surface area contributed by atoms with Crippen LogP contribution in [0, 0.1) is 0 Å². The van der Waals surface area contributed by atoms with Crippen molar-refractivity contribution in [1.29, 1.82) is 0 Å². The molecule has 0 unspecified atom stereocenters. The van der Waals surface area contributed by atoms with Crippen LogP contribution < -0.4 is 15.4 Å². The molecule has 1 aromatic rings. The average Bonchev–Trinajstić information content (AvgIpc) is 3.05. The van der Waals surface area contributed by atoms with E-state index in [1.807, 2.05) is 0 Å². The Morgan fingerprint density at radius 3 is 2.38 bits per heavy atom. The second-order valence-corrected chi connectivity index (χ2v) is 4.81. The Balaban J connectivity index is 1.74. The van der Waals surface area contributed by atoms with Gasteiger partial charge in [0, 0.05) is 24.7 Å². The number of hydrogen-bond acceptors (Lipinski definition) is 3. The summed E-state index contributed by atoms with van der Waals surface area (Å²) in [5.41, 5.74) is 1.67. The maximum atomic E-state index is 5.19. The smallest absolute Gasteiger partial charge is 0.118 e. The van der Waals surface area contributed by atoms with Crippen LogP contribution in [0.2, 0.25) is 0 Å². The zero-order valence-corrected chi connectivity index (χ0v) is 9.62. The van der Waals surface area contributed by atoms with Crippen LogP contribution in [-0.2, 0) is 5.54 Å². The molecule has 2 fully saturated rings. The minimum atomic E-state index is 0.263. The lowest BCUT2D eigenvalue weighted by molar-refractivity contribution is 0.318. The molecule has 16 heavy (non-hydrogen) atoms. The summed E-state index contributed by atoms with van der Waals surface area (Å²) in [5, 5.41) is 7.05. The molecule has 3 nitrogen and oxygen atoms in total. The zero-order chi connectivity index (χ0) is 11.0. The topological polar surface area (TPSA) is 33.3 Å². The van der Waals surface area contributed by atoms with Gasteiger partial charge in [-0.15, -0.1) is 0 Å². The molecule has 1 aromatic carbocycles. The predicted molar refractivity (Wildman–Crippen MR) is 63.7 cm³/mol. The fraction of sp³-hybridized carbons (Fsp3) is 0.538. The molecule has 86 valence electrons. The molecule has 2 aliphatic rings. The number of ether oxygens (including phenoxy) is 1.